The summed E-state index contributed by atoms with van der Waals surface area (Å²) in [5.74, 6) is -0.810. The number of aryl methyl sites for hydroxylation is 2. The molecular formula is C22H21N7O2. The second kappa shape index (κ2) is 8.23. The highest BCUT2D eigenvalue weighted by Gasteiger charge is 2.17. The van der Waals surface area contributed by atoms with E-state index < -0.39 is 5.91 Å². The van der Waals surface area contributed by atoms with Gasteiger partial charge in [-0.25, -0.2) is 4.68 Å². The van der Waals surface area contributed by atoms with Gasteiger partial charge in [0.25, 0.3) is 11.8 Å². The monoisotopic (exact) mass is 415 g/mol. The third-order valence-electron chi connectivity index (χ3n) is 4.97. The molecule has 0 fully saturated rings. The molecule has 9 nitrogen and oxygen atoms in total. The van der Waals surface area contributed by atoms with Gasteiger partial charge in [0.2, 0.25) is 0 Å². The van der Waals surface area contributed by atoms with Crippen molar-refractivity contribution in [3.8, 4) is 11.4 Å². The zero-order valence-electron chi connectivity index (χ0n) is 17.3. The maximum atomic E-state index is 12.7. The number of hydrazine groups is 1. The summed E-state index contributed by atoms with van der Waals surface area (Å²) < 4.78 is 3.49. The molecule has 4 aromatic rings. The molecule has 0 bridgehead atoms. The lowest BCUT2D eigenvalue weighted by molar-refractivity contribution is 0.0846. The van der Waals surface area contributed by atoms with Crippen LogP contribution in [0.25, 0.3) is 11.4 Å². The number of carbonyl (C=O) groups excluding carboxylic acids is 2. The molecule has 0 saturated heterocycles. The summed E-state index contributed by atoms with van der Waals surface area (Å²) in [4.78, 5) is 25.1. The summed E-state index contributed by atoms with van der Waals surface area (Å²) >= 11 is 0. The zero-order chi connectivity index (χ0) is 22.0. The van der Waals surface area contributed by atoms with Gasteiger partial charge in [0.15, 0.2) is 0 Å². The number of amides is 2. The van der Waals surface area contributed by atoms with Crippen molar-refractivity contribution in [3.63, 3.8) is 0 Å². The highest BCUT2D eigenvalue weighted by atomic mass is 16.2. The van der Waals surface area contributed by atoms with Crippen LogP contribution < -0.4 is 10.9 Å². The molecule has 4 rings (SSSR count). The molecule has 0 unspecified atom stereocenters. The van der Waals surface area contributed by atoms with Crippen molar-refractivity contribution in [3.05, 3.63) is 89.0 Å². The third-order valence-corrected chi connectivity index (χ3v) is 4.97. The average Bonchev–Trinajstić information content (AvgIpc) is 3.40. The van der Waals surface area contributed by atoms with E-state index in [2.05, 4.69) is 32.4 Å². The van der Waals surface area contributed by atoms with E-state index in [0.29, 0.717) is 16.8 Å². The Morgan fingerprint density at radius 2 is 1.61 bits per heavy atom. The van der Waals surface area contributed by atoms with Gasteiger partial charge in [-0.05, 0) is 79.2 Å². The van der Waals surface area contributed by atoms with Gasteiger partial charge in [-0.3, -0.25) is 20.4 Å². The van der Waals surface area contributed by atoms with Crippen molar-refractivity contribution in [1.82, 2.24) is 35.6 Å². The van der Waals surface area contributed by atoms with Crippen molar-refractivity contribution < 1.29 is 9.59 Å². The fourth-order valence-corrected chi connectivity index (χ4v) is 3.46. The Morgan fingerprint density at radius 3 is 2.29 bits per heavy atom. The van der Waals surface area contributed by atoms with Crippen LogP contribution in [0.1, 0.15) is 37.7 Å². The van der Waals surface area contributed by atoms with Crippen LogP contribution in [-0.4, -0.2) is 36.6 Å². The van der Waals surface area contributed by atoms with Crippen molar-refractivity contribution in [2.45, 2.75) is 20.8 Å². The summed E-state index contributed by atoms with van der Waals surface area (Å²) in [5, 5.41) is 10.9. The van der Waals surface area contributed by atoms with Crippen LogP contribution in [0.5, 0.6) is 0 Å². The molecule has 0 atom stereocenters. The van der Waals surface area contributed by atoms with Gasteiger partial charge >= 0.3 is 0 Å². The Hall–Kier alpha value is -4.27. The first kappa shape index (κ1) is 20.0. The van der Waals surface area contributed by atoms with Gasteiger partial charge in [0, 0.05) is 22.6 Å². The molecule has 0 saturated carbocycles. The van der Waals surface area contributed by atoms with E-state index in [4.69, 9.17) is 0 Å². The van der Waals surface area contributed by atoms with Crippen molar-refractivity contribution in [2.24, 2.45) is 0 Å². The highest BCUT2D eigenvalue weighted by molar-refractivity contribution is 6.00. The van der Waals surface area contributed by atoms with Crippen molar-refractivity contribution in [2.75, 3.05) is 0 Å². The van der Waals surface area contributed by atoms with Gasteiger partial charge in [0.1, 0.15) is 6.33 Å². The first-order chi connectivity index (χ1) is 14.9. The van der Waals surface area contributed by atoms with Gasteiger partial charge in [-0.2, -0.15) is 0 Å². The standard InChI is InChI=1S/C22H21N7O2/c1-14-5-4-6-19(11-14)29-15(2)12-20(16(29)3)22(31)25-24-21(30)17-7-9-18(10-8-17)28-13-23-26-27-28/h4-13H,1-3H3,(H,24,30)(H,25,31). The van der Waals surface area contributed by atoms with Crippen molar-refractivity contribution in [1.29, 1.82) is 0 Å². The topological polar surface area (TPSA) is 107 Å². The van der Waals surface area contributed by atoms with E-state index in [1.165, 1.54) is 11.0 Å². The summed E-state index contributed by atoms with van der Waals surface area (Å²) in [7, 11) is 0. The molecule has 2 amide bonds. The normalized spacial score (nSPS) is 10.7. The van der Waals surface area contributed by atoms with Crippen LogP contribution in [-0.2, 0) is 0 Å². The maximum absolute atomic E-state index is 12.7. The molecule has 0 radical (unpaired) electrons. The molecule has 156 valence electrons. The second-order valence-corrected chi connectivity index (χ2v) is 7.17. The molecule has 2 heterocycles. The smallest absolute Gasteiger partial charge is 0.271 e. The van der Waals surface area contributed by atoms with Crippen LogP contribution >= 0.6 is 0 Å². The number of carbonyl (C=O) groups is 2. The molecule has 31 heavy (non-hydrogen) atoms. The van der Waals surface area contributed by atoms with E-state index >= 15 is 0 Å². The Bertz CT molecular complexity index is 1240. The predicted octanol–water partition coefficient (Wildman–Crippen LogP) is 2.45. The first-order valence-corrected chi connectivity index (χ1v) is 9.64. The molecule has 0 aliphatic rings. The fourth-order valence-electron chi connectivity index (χ4n) is 3.46. The number of nitrogens with one attached hydrogen (secondary N) is 2. The third kappa shape index (κ3) is 4.06. The van der Waals surface area contributed by atoms with Crippen LogP contribution in [0.15, 0.2) is 60.9 Å². The maximum Gasteiger partial charge on any atom is 0.271 e. The number of benzene rings is 2. The quantitative estimate of drug-likeness (QED) is 0.498. The van der Waals surface area contributed by atoms with Gasteiger partial charge in [0.05, 0.1) is 11.3 Å². The first-order valence-electron chi connectivity index (χ1n) is 9.64. The molecule has 0 aliphatic carbocycles. The average molecular weight is 415 g/mol. The summed E-state index contributed by atoms with van der Waals surface area (Å²) in [6.45, 7) is 5.84. The largest absolute Gasteiger partial charge is 0.318 e. The summed E-state index contributed by atoms with van der Waals surface area (Å²) in [6, 6.07) is 16.5. The van der Waals surface area contributed by atoms with Crippen molar-refractivity contribution >= 4 is 11.8 Å². The zero-order valence-corrected chi connectivity index (χ0v) is 17.3. The minimum atomic E-state index is -0.427. The minimum Gasteiger partial charge on any atom is -0.318 e. The van der Waals surface area contributed by atoms with Gasteiger partial charge in [-0.15, -0.1) is 5.10 Å². The molecule has 0 aliphatic heterocycles. The number of rotatable bonds is 4. The summed E-state index contributed by atoms with van der Waals surface area (Å²) in [6.07, 6.45) is 1.46. The van der Waals surface area contributed by atoms with Crippen LogP contribution in [0.3, 0.4) is 0 Å². The van der Waals surface area contributed by atoms with E-state index in [0.717, 1.165) is 22.6 Å². The number of hydrogen-bond acceptors (Lipinski definition) is 5. The second-order valence-electron chi connectivity index (χ2n) is 7.17. The lowest BCUT2D eigenvalue weighted by Gasteiger charge is -2.11. The van der Waals surface area contributed by atoms with E-state index in [1.54, 1.807) is 30.3 Å². The lowest BCUT2D eigenvalue weighted by atomic mass is 10.2. The minimum absolute atomic E-state index is 0.384. The predicted molar refractivity (Wildman–Crippen MR) is 114 cm³/mol. The Kier molecular flexibility index (Phi) is 5.31. The summed E-state index contributed by atoms with van der Waals surface area (Å²) in [5.41, 5.74) is 10.4. The molecular weight excluding hydrogens is 394 g/mol. The van der Waals surface area contributed by atoms with E-state index in [-0.39, 0.29) is 5.91 Å². The highest BCUT2D eigenvalue weighted by Crippen LogP contribution is 2.21. The number of aromatic nitrogens is 5. The molecule has 2 aromatic carbocycles. The molecule has 2 aromatic heterocycles. The van der Waals surface area contributed by atoms with E-state index in [1.807, 2.05) is 43.5 Å². The Labute approximate surface area is 178 Å². The van der Waals surface area contributed by atoms with E-state index in [9.17, 15) is 9.59 Å². The van der Waals surface area contributed by atoms with Gasteiger partial charge < -0.3 is 4.57 Å². The fraction of sp³-hybridized carbons (Fsp3) is 0.136. The SMILES string of the molecule is Cc1cccc(-n2c(C)cc(C(=O)NNC(=O)c3ccc(-n4cnnn4)cc3)c2C)c1. The lowest BCUT2D eigenvalue weighted by Crippen LogP contribution is -2.41. The molecule has 0 spiro atoms. The molecule has 2 N–H and O–H groups in total. The van der Waals surface area contributed by atoms with Crippen LogP contribution in [0.4, 0.5) is 0 Å². The Morgan fingerprint density at radius 1 is 0.871 bits per heavy atom. The number of hydrogen-bond donors (Lipinski definition) is 2. The molecule has 9 heteroatoms. The number of tetrazole rings is 1. The van der Waals surface area contributed by atoms with Crippen LogP contribution in [0, 0.1) is 20.8 Å². The van der Waals surface area contributed by atoms with Crippen LogP contribution in [0.2, 0.25) is 0 Å². The Balaban J connectivity index is 1.45. The van der Waals surface area contributed by atoms with Gasteiger partial charge in [-0.1, -0.05) is 12.1 Å². The number of nitrogens with zero attached hydrogens (tertiary/aromatic N) is 5.